The van der Waals surface area contributed by atoms with Crippen LogP contribution in [0.25, 0.3) is 0 Å². The van der Waals surface area contributed by atoms with Crippen molar-refractivity contribution in [3.8, 4) is 11.5 Å². The van der Waals surface area contributed by atoms with Crippen molar-refractivity contribution in [2.45, 2.75) is 31.3 Å². The van der Waals surface area contributed by atoms with E-state index in [9.17, 15) is 9.59 Å². The van der Waals surface area contributed by atoms with Gasteiger partial charge >= 0.3 is 0 Å². The zero-order valence-electron chi connectivity index (χ0n) is 14.9. The van der Waals surface area contributed by atoms with Crippen molar-refractivity contribution in [1.82, 2.24) is 10.6 Å². The van der Waals surface area contributed by atoms with E-state index in [1.807, 2.05) is 48.5 Å². The Morgan fingerprint density at radius 2 is 1.22 bits per heavy atom. The number of hydrogen-bond donors (Lipinski definition) is 2. The molecule has 2 aromatic carbocycles. The first kappa shape index (κ1) is 17.4. The molecule has 2 amide bonds. The Balaban J connectivity index is 1.20. The summed E-state index contributed by atoms with van der Waals surface area (Å²) in [7, 11) is 0. The van der Waals surface area contributed by atoms with E-state index in [4.69, 9.17) is 9.47 Å². The number of rotatable bonds is 6. The Bertz CT molecular complexity index is 782. The maximum atomic E-state index is 12.2. The number of fused-ring (bicyclic) bond motifs is 2. The summed E-state index contributed by atoms with van der Waals surface area (Å²) < 4.78 is 11.1. The number of para-hydroxylation sites is 2. The second-order valence-electron chi connectivity index (χ2n) is 6.79. The second kappa shape index (κ2) is 7.70. The van der Waals surface area contributed by atoms with Crippen molar-refractivity contribution < 1.29 is 19.1 Å². The lowest BCUT2D eigenvalue weighted by atomic mass is 10.1. The van der Waals surface area contributed by atoms with Crippen molar-refractivity contribution in [1.29, 1.82) is 0 Å². The Morgan fingerprint density at radius 3 is 1.70 bits per heavy atom. The molecule has 0 saturated heterocycles. The largest absolute Gasteiger partial charge is 0.491 e. The van der Waals surface area contributed by atoms with Gasteiger partial charge in [0.1, 0.15) is 24.7 Å². The molecule has 2 atom stereocenters. The molecule has 6 nitrogen and oxygen atoms in total. The van der Waals surface area contributed by atoms with Crippen LogP contribution in [0.2, 0.25) is 0 Å². The predicted molar refractivity (Wildman–Crippen MR) is 99.5 cm³/mol. The van der Waals surface area contributed by atoms with E-state index in [-0.39, 0.29) is 23.9 Å². The molecule has 2 N–H and O–H groups in total. The Kier molecular flexibility index (Phi) is 4.96. The summed E-state index contributed by atoms with van der Waals surface area (Å²) in [5.74, 6) is 1.51. The van der Waals surface area contributed by atoms with Crippen LogP contribution in [0, 0.1) is 0 Å². The van der Waals surface area contributed by atoms with Gasteiger partial charge in [-0.3, -0.25) is 9.59 Å². The number of nitrogens with one attached hydrogen (secondary N) is 2. The van der Waals surface area contributed by atoms with E-state index in [0.29, 0.717) is 32.5 Å². The molecule has 4 rings (SSSR count). The van der Waals surface area contributed by atoms with Crippen molar-refractivity contribution in [3.63, 3.8) is 0 Å². The topological polar surface area (TPSA) is 76.7 Å². The lowest BCUT2D eigenvalue weighted by Crippen LogP contribution is -2.31. The van der Waals surface area contributed by atoms with Gasteiger partial charge in [-0.1, -0.05) is 36.4 Å². The van der Waals surface area contributed by atoms with Gasteiger partial charge in [0, 0.05) is 24.0 Å². The summed E-state index contributed by atoms with van der Waals surface area (Å²) in [6.07, 6.45) is 1.12. The number of amides is 2. The molecule has 0 radical (unpaired) electrons. The first-order chi connectivity index (χ1) is 13.2. The monoisotopic (exact) mass is 366 g/mol. The van der Waals surface area contributed by atoms with Gasteiger partial charge in [-0.25, -0.2) is 0 Å². The van der Waals surface area contributed by atoms with Crippen LogP contribution in [0.15, 0.2) is 48.5 Å². The molecule has 0 fully saturated rings. The van der Waals surface area contributed by atoms with Crippen LogP contribution < -0.4 is 20.1 Å². The average Bonchev–Trinajstić information content (AvgIpc) is 3.27. The van der Waals surface area contributed by atoms with E-state index < -0.39 is 0 Å². The summed E-state index contributed by atoms with van der Waals surface area (Å²) >= 11 is 0. The van der Waals surface area contributed by atoms with Crippen LogP contribution in [0.1, 0.15) is 42.5 Å². The quantitative estimate of drug-likeness (QED) is 0.824. The second-order valence-corrected chi connectivity index (χ2v) is 6.79. The summed E-state index contributed by atoms with van der Waals surface area (Å²) in [6.45, 7) is 0.902. The minimum atomic E-state index is -0.116. The van der Waals surface area contributed by atoms with Crippen LogP contribution in [0.5, 0.6) is 11.5 Å². The summed E-state index contributed by atoms with van der Waals surface area (Å²) in [5.41, 5.74) is 2.01. The van der Waals surface area contributed by atoms with Gasteiger partial charge in [0.25, 0.3) is 0 Å². The van der Waals surface area contributed by atoms with E-state index in [2.05, 4.69) is 10.6 Å². The molecule has 0 spiro atoms. The number of carbonyl (C=O) groups is 2. The third-order valence-corrected chi connectivity index (χ3v) is 4.88. The third-order valence-electron chi connectivity index (χ3n) is 4.88. The highest BCUT2D eigenvalue weighted by molar-refractivity contribution is 5.79. The highest BCUT2D eigenvalue weighted by atomic mass is 16.5. The van der Waals surface area contributed by atoms with E-state index >= 15 is 0 Å². The van der Waals surface area contributed by atoms with E-state index in [1.165, 1.54) is 0 Å². The lowest BCUT2D eigenvalue weighted by molar-refractivity contribution is -0.123. The Morgan fingerprint density at radius 1 is 0.778 bits per heavy atom. The molecule has 0 bridgehead atoms. The smallest absolute Gasteiger partial charge is 0.220 e. The molecule has 0 unspecified atom stereocenters. The number of hydrogen-bond acceptors (Lipinski definition) is 4. The van der Waals surface area contributed by atoms with Crippen LogP contribution in [0.4, 0.5) is 0 Å². The summed E-state index contributed by atoms with van der Waals surface area (Å²) in [6, 6.07) is 15.2. The zero-order chi connectivity index (χ0) is 18.6. The van der Waals surface area contributed by atoms with Gasteiger partial charge in [-0.2, -0.15) is 0 Å². The van der Waals surface area contributed by atoms with Crippen molar-refractivity contribution in [2.24, 2.45) is 0 Å². The van der Waals surface area contributed by atoms with Gasteiger partial charge in [0.15, 0.2) is 0 Å². The van der Waals surface area contributed by atoms with Crippen LogP contribution in [-0.2, 0) is 9.59 Å². The molecule has 0 saturated carbocycles. The zero-order valence-corrected chi connectivity index (χ0v) is 14.9. The lowest BCUT2D eigenvalue weighted by Gasteiger charge is -2.13. The molecule has 27 heavy (non-hydrogen) atoms. The Hall–Kier alpha value is -3.02. The molecule has 2 aromatic rings. The number of carbonyl (C=O) groups excluding carboxylic acids is 2. The first-order valence-corrected chi connectivity index (χ1v) is 9.23. The standard InChI is InChI=1S/C21H22N2O4/c24-20(22-16-12-26-18-8-3-1-6-14(16)18)10-5-11-21(25)23-17-13-27-19-9-4-2-7-15(17)19/h1-4,6-9,16-17H,5,10-13H2,(H,22,24)(H,23,25)/t16-,17+. The Labute approximate surface area is 157 Å². The first-order valence-electron chi connectivity index (χ1n) is 9.23. The van der Waals surface area contributed by atoms with Gasteiger partial charge in [-0.15, -0.1) is 0 Å². The fourth-order valence-electron chi connectivity index (χ4n) is 3.51. The van der Waals surface area contributed by atoms with Crippen LogP contribution in [0.3, 0.4) is 0 Å². The molecule has 2 aliphatic rings. The SMILES string of the molecule is O=C(CCCC(=O)N[C@@H]1COc2ccccc21)N[C@H]1COc2ccccc21. The number of benzene rings is 2. The minimum absolute atomic E-state index is 0.0670. The maximum Gasteiger partial charge on any atom is 0.220 e. The fraction of sp³-hybridized carbons (Fsp3) is 0.333. The molecule has 2 heterocycles. The predicted octanol–water partition coefficient (Wildman–Crippen LogP) is 2.66. The normalized spacial score (nSPS) is 19.4. The molecule has 0 aromatic heterocycles. The van der Waals surface area contributed by atoms with Gasteiger partial charge in [0.05, 0.1) is 12.1 Å². The number of ether oxygens (including phenoxy) is 2. The average molecular weight is 366 g/mol. The van der Waals surface area contributed by atoms with Crippen molar-refractivity contribution >= 4 is 11.8 Å². The molecular weight excluding hydrogens is 344 g/mol. The van der Waals surface area contributed by atoms with Crippen molar-refractivity contribution in [2.75, 3.05) is 13.2 Å². The molecule has 2 aliphatic heterocycles. The van der Waals surface area contributed by atoms with E-state index in [1.54, 1.807) is 0 Å². The maximum absolute atomic E-state index is 12.2. The van der Waals surface area contributed by atoms with Gasteiger partial charge in [0.2, 0.25) is 11.8 Å². The van der Waals surface area contributed by atoms with E-state index in [0.717, 1.165) is 22.6 Å². The molecule has 140 valence electrons. The van der Waals surface area contributed by atoms with Crippen molar-refractivity contribution in [3.05, 3.63) is 59.7 Å². The highest BCUT2D eigenvalue weighted by Crippen LogP contribution is 2.32. The molecular formula is C21H22N2O4. The molecule has 6 heteroatoms. The summed E-state index contributed by atoms with van der Waals surface area (Å²) in [4.78, 5) is 24.4. The summed E-state index contributed by atoms with van der Waals surface area (Å²) in [5, 5.41) is 5.96. The third kappa shape index (κ3) is 3.89. The van der Waals surface area contributed by atoms with Gasteiger partial charge < -0.3 is 20.1 Å². The molecule has 0 aliphatic carbocycles. The highest BCUT2D eigenvalue weighted by Gasteiger charge is 2.26. The van der Waals surface area contributed by atoms with Crippen LogP contribution in [-0.4, -0.2) is 25.0 Å². The van der Waals surface area contributed by atoms with Crippen LogP contribution >= 0.6 is 0 Å². The van der Waals surface area contributed by atoms with Gasteiger partial charge in [-0.05, 0) is 18.6 Å². The minimum Gasteiger partial charge on any atom is -0.491 e. The fourth-order valence-corrected chi connectivity index (χ4v) is 3.51.